The second kappa shape index (κ2) is 4.45. The lowest BCUT2D eigenvalue weighted by atomic mass is 10.4. The molecule has 3 heterocycles. The van der Waals surface area contributed by atoms with Gasteiger partial charge in [-0.25, -0.2) is 4.98 Å². The van der Waals surface area contributed by atoms with E-state index in [-0.39, 0.29) is 5.91 Å². The second-order valence-electron chi connectivity index (χ2n) is 4.01. The minimum Gasteiger partial charge on any atom is -0.304 e. The molecule has 2 aromatic rings. The zero-order chi connectivity index (χ0) is 12.5. The zero-order valence-corrected chi connectivity index (χ0v) is 10.7. The summed E-state index contributed by atoms with van der Waals surface area (Å²) in [4.78, 5) is 20.5. The number of amidine groups is 1. The second-order valence-corrected chi connectivity index (χ2v) is 5.09. The summed E-state index contributed by atoms with van der Waals surface area (Å²) in [6, 6.07) is 5.79. The molecule has 0 bridgehead atoms. The zero-order valence-electron chi connectivity index (χ0n) is 9.88. The van der Waals surface area contributed by atoms with Gasteiger partial charge in [0.1, 0.15) is 11.3 Å². The lowest BCUT2D eigenvalue weighted by molar-refractivity contribution is 0.0973. The van der Waals surface area contributed by atoms with E-state index in [9.17, 15) is 4.79 Å². The van der Waals surface area contributed by atoms with Crippen molar-refractivity contribution >= 4 is 28.5 Å². The van der Waals surface area contributed by atoms with E-state index >= 15 is 0 Å². The number of nitrogens with zero attached hydrogens (tertiary/aromatic N) is 3. The Labute approximate surface area is 108 Å². The topological polar surface area (TPSA) is 58.8 Å². The predicted octanol–water partition coefficient (Wildman–Crippen LogP) is 1.48. The maximum Gasteiger partial charge on any atom is 0.277 e. The van der Waals surface area contributed by atoms with Gasteiger partial charge in [0.05, 0.1) is 6.54 Å². The molecular weight excluding hydrogens is 248 g/mol. The van der Waals surface area contributed by atoms with E-state index in [2.05, 4.69) is 15.3 Å². The smallest absolute Gasteiger partial charge is 0.277 e. The first-order chi connectivity index (χ1) is 8.74. The van der Waals surface area contributed by atoms with Crippen LogP contribution in [-0.4, -0.2) is 32.8 Å². The van der Waals surface area contributed by atoms with E-state index in [1.807, 2.05) is 29.5 Å². The number of aryl methyl sites for hydroxylation is 1. The van der Waals surface area contributed by atoms with E-state index in [0.29, 0.717) is 10.9 Å². The van der Waals surface area contributed by atoms with Crippen molar-refractivity contribution in [2.75, 3.05) is 12.3 Å². The highest BCUT2D eigenvalue weighted by molar-refractivity contribution is 8.14. The van der Waals surface area contributed by atoms with Crippen LogP contribution in [0.1, 0.15) is 16.2 Å². The van der Waals surface area contributed by atoms with Crippen LogP contribution in [0.25, 0.3) is 5.65 Å². The van der Waals surface area contributed by atoms with Crippen LogP contribution in [0.3, 0.4) is 0 Å². The normalized spacial score (nSPS) is 14.8. The lowest BCUT2D eigenvalue weighted by Crippen LogP contribution is -2.27. The van der Waals surface area contributed by atoms with Crippen LogP contribution < -0.4 is 5.32 Å². The van der Waals surface area contributed by atoms with Crippen LogP contribution in [0, 0.1) is 6.92 Å². The van der Waals surface area contributed by atoms with E-state index in [4.69, 9.17) is 0 Å². The van der Waals surface area contributed by atoms with Gasteiger partial charge in [0.25, 0.3) is 5.91 Å². The van der Waals surface area contributed by atoms with Gasteiger partial charge in [-0.15, -0.1) is 0 Å². The van der Waals surface area contributed by atoms with Crippen LogP contribution >= 0.6 is 11.8 Å². The number of fused-ring (bicyclic) bond motifs is 1. The Morgan fingerprint density at radius 3 is 3.11 bits per heavy atom. The molecule has 5 nitrogen and oxygen atoms in total. The standard InChI is InChI=1S/C12H12N4OS/c1-8-3-2-4-10-14-9(7-16(8)10)11(17)15-12-13-5-6-18-12/h2-4,7H,5-6H2,1H3,(H,13,15,17). The van der Waals surface area contributed by atoms with Gasteiger partial charge in [-0.2, -0.15) is 0 Å². The minimum absolute atomic E-state index is 0.203. The van der Waals surface area contributed by atoms with E-state index in [1.165, 1.54) is 0 Å². The fraction of sp³-hybridized carbons (Fsp3) is 0.250. The van der Waals surface area contributed by atoms with Crippen LogP contribution in [-0.2, 0) is 0 Å². The molecule has 0 atom stereocenters. The Kier molecular flexibility index (Phi) is 2.79. The number of imidazole rings is 1. The summed E-state index contributed by atoms with van der Waals surface area (Å²) in [7, 11) is 0. The third kappa shape index (κ3) is 1.99. The summed E-state index contributed by atoms with van der Waals surface area (Å²) >= 11 is 1.56. The number of hydrogen-bond donors (Lipinski definition) is 1. The summed E-state index contributed by atoms with van der Waals surface area (Å²) in [5, 5.41) is 3.46. The van der Waals surface area contributed by atoms with Crippen LogP contribution in [0.5, 0.6) is 0 Å². The number of carbonyl (C=O) groups is 1. The van der Waals surface area contributed by atoms with Gasteiger partial charge < -0.3 is 4.40 Å². The highest BCUT2D eigenvalue weighted by Gasteiger charge is 2.15. The third-order valence-corrected chi connectivity index (χ3v) is 3.63. The van der Waals surface area contributed by atoms with Gasteiger partial charge in [-0.05, 0) is 19.1 Å². The molecule has 0 saturated heterocycles. The number of nitrogens with one attached hydrogen (secondary N) is 1. The maximum atomic E-state index is 12.0. The molecule has 6 heteroatoms. The highest BCUT2D eigenvalue weighted by Crippen LogP contribution is 2.11. The third-order valence-electron chi connectivity index (χ3n) is 2.73. The molecule has 0 fully saturated rings. The molecule has 0 spiro atoms. The van der Waals surface area contributed by atoms with Gasteiger partial charge in [0.15, 0.2) is 5.17 Å². The number of carbonyl (C=O) groups excluding carboxylic acids is 1. The molecule has 18 heavy (non-hydrogen) atoms. The molecule has 0 saturated carbocycles. The molecular formula is C12H12N4OS. The number of aliphatic imine (C=N–C) groups is 1. The van der Waals surface area contributed by atoms with E-state index in [1.54, 1.807) is 18.0 Å². The average molecular weight is 260 g/mol. The summed E-state index contributed by atoms with van der Waals surface area (Å²) in [6.07, 6.45) is 1.75. The lowest BCUT2D eigenvalue weighted by Gasteiger charge is -1.99. The number of thioether (sulfide) groups is 1. The van der Waals surface area contributed by atoms with Crippen molar-refractivity contribution in [3.63, 3.8) is 0 Å². The summed E-state index contributed by atoms with van der Waals surface area (Å²) in [5.74, 6) is 0.728. The maximum absolute atomic E-state index is 12.0. The molecule has 1 aliphatic heterocycles. The van der Waals surface area contributed by atoms with Crippen molar-refractivity contribution in [2.24, 2.45) is 4.99 Å². The van der Waals surface area contributed by atoms with Crippen molar-refractivity contribution in [3.8, 4) is 0 Å². The van der Waals surface area contributed by atoms with Crippen molar-refractivity contribution in [1.29, 1.82) is 0 Å². The van der Waals surface area contributed by atoms with Gasteiger partial charge in [-0.3, -0.25) is 15.1 Å². The number of hydrogen-bond acceptors (Lipinski definition) is 4. The number of aromatic nitrogens is 2. The van der Waals surface area contributed by atoms with Crippen LogP contribution in [0.15, 0.2) is 29.4 Å². The molecule has 1 N–H and O–H groups in total. The van der Waals surface area contributed by atoms with E-state index < -0.39 is 0 Å². The monoisotopic (exact) mass is 260 g/mol. The largest absolute Gasteiger partial charge is 0.304 e. The van der Waals surface area contributed by atoms with Crippen molar-refractivity contribution < 1.29 is 4.79 Å². The number of rotatable bonds is 1. The van der Waals surface area contributed by atoms with Crippen LogP contribution in [0.4, 0.5) is 0 Å². The summed E-state index contributed by atoms with van der Waals surface area (Å²) in [5.41, 5.74) is 2.24. The minimum atomic E-state index is -0.203. The molecule has 1 aliphatic rings. The molecule has 0 radical (unpaired) electrons. The van der Waals surface area contributed by atoms with Gasteiger partial charge >= 0.3 is 0 Å². The Morgan fingerprint density at radius 2 is 2.39 bits per heavy atom. The molecule has 0 unspecified atom stereocenters. The predicted molar refractivity (Wildman–Crippen MR) is 72.2 cm³/mol. The Balaban J connectivity index is 1.89. The molecule has 3 rings (SSSR count). The summed E-state index contributed by atoms with van der Waals surface area (Å²) in [6.45, 7) is 2.75. The van der Waals surface area contributed by atoms with Gasteiger partial charge in [0, 0.05) is 17.6 Å². The van der Waals surface area contributed by atoms with E-state index in [0.717, 1.165) is 23.6 Å². The van der Waals surface area contributed by atoms with Crippen LogP contribution in [0.2, 0.25) is 0 Å². The molecule has 0 aromatic carbocycles. The molecule has 1 amide bonds. The summed E-state index contributed by atoms with van der Waals surface area (Å²) < 4.78 is 1.90. The SMILES string of the molecule is Cc1cccc2nc(C(=O)NC3=NCCS3)cn12. The van der Waals surface area contributed by atoms with Gasteiger partial charge in [-0.1, -0.05) is 17.8 Å². The molecule has 0 aliphatic carbocycles. The first kappa shape index (κ1) is 11.3. The first-order valence-corrected chi connectivity index (χ1v) is 6.66. The van der Waals surface area contributed by atoms with Crippen molar-refractivity contribution in [3.05, 3.63) is 35.8 Å². The van der Waals surface area contributed by atoms with Crippen molar-refractivity contribution in [2.45, 2.75) is 6.92 Å². The Morgan fingerprint density at radius 1 is 1.50 bits per heavy atom. The fourth-order valence-electron chi connectivity index (χ4n) is 1.83. The van der Waals surface area contributed by atoms with Gasteiger partial charge in [0.2, 0.25) is 0 Å². The molecule has 2 aromatic heterocycles. The fourth-order valence-corrected chi connectivity index (χ4v) is 2.55. The quantitative estimate of drug-likeness (QED) is 0.844. The first-order valence-electron chi connectivity index (χ1n) is 5.67. The number of pyridine rings is 1. The Hall–Kier alpha value is -1.82. The van der Waals surface area contributed by atoms with Crippen molar-refractivity contribution in [1.82, 2.24) is 14.7 Å². The Bertz CT molecular complexity index is 647. The number of amides is 1. The average Bonchev–Trinajstić information content (AvgIpc) is 2.97. The highest BCUT2D eigenvalue weighted by atomic mass is 32.2. The molecule has 92 valence electrons.